The third-order valence-corrected chi connectivity index (χ3v) is 5.48. The lowest BCUT2D eigenvalue weighted by Gasteiger charge is -2.40. The lowest BCUT2D eigenvalue weighted by atomic mass is 9.97. The van der Waals surface area contributed by atoms with Gasteiger partial charge in [-0.25, -0.2) is 0 Å². The fourth-order valence-corrected chi connectivity index (χ4v) is 4.37. The SMILES string of the molecule is CCC1CCCCN1C(CN)c1cc(Br)cs1. The smallest absolute Gasteiger partial charge is 0.0567 e. The van der Waals surface area contributed by atoms with Crippen LogP contribution in [0, 0.1) is 0 Å². The molecule has 0 radical (unpaired) electrons. The topological polar surface area (TPSA) is 29.3 Å². The second-order valence-corrected chi connectivity index (χ2v) is 6.57. The summed E-state index contributed by atoms with van der Waals surface area (Å²) in [6, 6.07) is 3.36. The highest BCUT2D eigenvalue weighted by molar-refractivity contribution is 9.10. The van der Waals surface area contributed by atoms with Crippen molar-refractivity contribution in [3.63, 3.8) is 0 Å². The monoisotopic (exact) mass is 316 g/mol. The molecule has 1 aliphatic heterocycles. The van der Waals surface area contributed by atoms with Crippen LogP contribution in [0.2, 0.25) is 0 Å². The molecule has 1 fully saturated rings. The molecular weight excluding hydrogens is 296 g/mol. The zero-order valence-electron chi connectivity index (χ0n) is 10.4. The molecule has 0 amide bonds. The average Bonchev–Trinajstić information content (AvgIpc) is 2.77. The highest BCUT2D eigenvalue weighted by Gasteiger charge is 2.28. The number of hydrogen-bond acceptors (Lipinski definition) is 3. The van der Waals surface area contributed by atoms with E-state index in [0.29, 0.717) is 6.04 Å². The molecule has 0 saturated carbocycles. The van der Waals surface area contributed by atoms with Crippen molar-refractivity contribution in [3.05, 3.63) is 20.8 Å². The Balaban J connectivity index is 2.16. The summed E-state index contributed by atoms with van der Waals surface area (Å²) in [6.45, 7) is 4.22. The van der Waals surface area contributed by atoms with Crippen molar-refractivity contribution in [3.8, 4) is 0 Å². The molecule has 2 N–H and O–H groups in total. The Hall–Kier alpha value is 0.1000. The summed E-state index contributed by atoms with van der Waals surface area (Å²) < 4.78 is 1.18. The van der Waals surface area contributed by atoms with Gasteiger partial charge in [0.2, 0.25) is 0 Å². The number of rotatable bonds is 4. The van der Waals surface area contributed by atoms with Crippen molar-refractivity contribution in [1.29, 1.82) is 0 Å². The molecule has 0 bridgehead atoms. The maximum atomic E-state index is 6.01. The number of piperidine rings is 1. The van der Waals surface area contributed by atoms with Crippen molar-refractivity contribution >= 4 is 27.3 Å². The second kappa shape index (κ2) is 6.32. The van der Waals surface area contributed by atoms with Gasteiger partial charge in [0.1, 0.15) is 0 Å². The average molecular weight is 317 g/mol. The third kappa shape index (κ3) is 3.11. The molecular formula is C13H21BrN2S. The third-order valence-electron chi connectivity index (χ3n) is 3.68. The number of nitrogens with two attached hydrogens (primary N) is 1. The Morgan fingerprint density at radius 2 is 2.41 bits per heavy atom. The van der Waals surface area contributed by atoms with Gasteiger partial charge in [0, 0.05) is 27.3 Å². The van der Waals surface area contributed by atoms with Gasteiger partial charge in [0.05, 0.1) is 6.04 Å². The van der Waals surface area contributed by atoms with Gasteiger partial charge in [-0.05, 0) is 47.8 Å². The highest BCUT2D eigenvalue weighted by atomic mass is 79.9. The Labute approximate surface area is 116 Å². The van der Waals surface area contributed by atoms with Crippen LogP contribution < -0.4 is 5.73 Å². The minimum absolute atomic E-state index is 0.413. The van der Waals surface area contributed by atoms with Crippen LogP contribution in [0.25, 0.3) is 0 Å². The van der Waals surface area contributed by atoms with Gasteiger partial charge in [-0.3, -0.25) is 4.90 Å². The van der Waals surface area contributed by atoms with Crippen LogP contribution in [-0.2, 0) is 0 Å². The number of hydrogen-bond donors (Lipinski definition) is 1. The number of nitrogens with zero attached hydrogens (tertiary/aromatic N) is 1. The second-order valence-electron chi connectivity index (χ2n) is 4.71. The van der Waals surface area contributed by atoms with Gasteiger partial charge in [0.25, 0.3) is 0 Å². The fourth-order valence-electron chi connectivity index (χ4n) is 2.79. The van der Waals surface area contributed by atoms with E-state index in [1.807, 2.05) is 11.3 Å². The maximum absolute atomic E-state index is 6.01. The van der Waals surface area contributed by atoms with Crippen LogP contribution in [0.5, 0.6) is 0 Å². The van der Waals surface area contributed by atoms with Crippen molar-refractivity contribution in [1.82, 2.24) is 4.90 Å². The molecule has 2 heterocycles. The van der Waals surface area contributed by atoms with Gasteiger partial charge in [0.15, 0.2) is 0 Å². The van der Waals surface area contributed by atoms with Gasteiger partial charge >= 0.3 is 0 Å². The molecule has 0 spiro atoms. The van der Waals surface area contributed by atoms with E-state index in [0.717, 1.165) is 12.6 Å². The standard InChI is InChI=1S/C13H21BrN2S/c1-2-11-5-3-4-6-16(11)12(8-15)13-7-10(14)9-17-13/h7,9,11-12H,2-6,8,15H2,1H3. The minimum Gasteiger partial charge on any atom is -0.329 e. The van der Waals surface area contributed by atoms with Crippen molar-refractivity contribution in [2.75, 3.05) is 13.1 Å². The number of thiophene rings is 1. The van der Waals surface area contributed by atoms with Gasteiger partial charge in [-0.1, -0.05) is 13.3 Å². The van der Waals surface area contributed by atoms with Gasteiger partial charge in [-0.2, -0.15) is 0 Å². The molecule has 0 aliphatic carbocycles. The number of halogens is 1. The molecule has 2 rings (SSSR count). The summed E-state index contributed by atoms with van der Waals surface area (Å²) in [7, 11) is 0. The Kier molecular flexibility index (Phi) is 5.03. The Bertz CT molecular complexity index is 353. The largest absolute Gasteiger partial charge is 0.329 e. The van der Waals surface area contributed by atoms with Crippen LogP contribution in [0.1, 0.15) is 43.5 Å². The van der Waals surface area contributed by atoms with Crippen molar-refractivity contribution in [2.24, 2.45) is 5.73 Å². The normalized spacial score (nSPS) is 23.8. The first-order valence-electron chi connectivity index (χ1n) is 6.46. The summed E-state index contributed by atoms with van der Waals surface area (Å²) in [4.78, 5) is 4.03. The summed E-state index contributed by atoms with van der Waals surface area (Å²) in [5.74, 6) is 0. The fraction of sp³-hybridized carbons (Fsp3) is 0.692. The summed E-state index contributed by atoms with van der Waals surface area (Å²) in [5.41, 5.74) is 6.01. The van der Waals surface area contributed by atoms with E-state index in [9.17, 15) is 0 Å². The van der Waals surface area contributed by atoms with E-state index in [1.165, 1.54) is 41.6 Å². The van der Waals surface area contributed by atoms with E-state index in [-0.39, 0.29) is 0 Å². The quantitative estimate of drug-likeness (QED) is 0.916. The van der Waals surface area contributed by atoms with Crippen LogP contribution in [0.15, 0.2) is 15.9 Å². The predicted molar refractivity (Wildman–Crippen MR) is 78.5 cm³/mol. The van der Waals surface area contributed by atoms with Crippen molar-refractivity contribution in [2.45, 2.75) is 44.7 Å². The summed E-state index contributed by atoms with van der Waals surface area (Å²) in [6.07, 6.45) is 5.27. The molecule has 0 aromatic carbocycles. The van der Waals surface area contributed by atoms with Gasteiger partial charge < -0.3 is 5.73 Å². The number of likely N-dealkylation sites (tertiary alicyclic amines) is 1. The molecule has 2 nitrogen and oxygen atoms in total. The van der Waals surface area contributed by atoms with E-state index >= 15 is 0 Å². The van der Waals surface area contributed by atoms with E-state index in [4.69, 9.17) is 5.73 Å². The maximum Gasteiger partial charge on any atom is 0.0567 e. The molecule has 2 unspecified atom stereocenters. The molecule has 96 valence electrons. The first-order valence-corrected chi connectivity index (χ1v) is 8.13. The molecule has 1 aromatic rings. The van der Waals surface area contributed by atoms with Crippen molar-refractivity contribution < 1.29 is 0 Å². The lowest BCUT2D eigenvalue weighted by molar-refractivity contribution is 0.0966. The summed E-state index contributed by atoms with van der Waals surface area (Å²) in [5, 5.41) is 2.16. The van der Waals surface area contributed by atoms with E-state index in [2.05, 4.69) is 39.2 Å². The predicted octanol–water partition coefficient (Wildman–Crippen LogP) is 3.77. The van der Waals surface area contributed by atoms with Gasteiger partial charge in [-0.15, -0.1) is 11.3 Å². The van der Waals surface area contributed by atoms with E-state index in [1.54, 1.807) is 0 Å². The van der Waals surface area contributed by atoms with Crippen LogP contribution in [0.4, 0.5) is 0 Å². The molecule has 4 heteroatoms. The minimum atomic E-state index is 0.413. The Morgan fingerprint density at radius 1 is 1.59 bits per heavy atom. The zero-order chi connectivity index (χ0) is 12.3. The molecule has 2 atom stereocenters. The molecule has 1 saturated heterocycles. The lowest BCUT2D eigenvalue weighted by Crippen LogP contribution is -2.43. The Morgan fingerprint density at radius 3 is 3.00 bits per heavy atom. The molecule has 1 aromatic heterocycles. The van der Waals surface area contributed by atoms with Crippen LogP contribution >= 0.6 is 27.3 Å². The summed E-state index contributed by atoms with van der Waals surface area (Å²) >= 11 is 5.36. The molecule has 17 heavy (non-hydrogen) atoms. The van der Waals surface area contributed by atoms with E-state index < -0.39 is 0 Å². The van der Waals surface area contributed by atoms with Crippen LogP contribution in [0.3, 0.4) is 0 Å². The zero-order valence-corrected chi connectivity index (χ0v) is 12.8. The highest BCUT2D eigenvalue weighted by Crippen LogP contribution is 2.33. The first kappa shape index (κ1) is 13.5. The first-order chi connectivity index (χ1) is 8.26. The molecule has 1 aliphatic rings. The van der Waals surface area contributed by atoms with Crippen LogP contribution in [-0.4, -0.2) is 24.0 Å².